The number of methoxy groups -OCH3 is 1. The van der Waals surface area contributed by atoms with E-state index in [2.05, 4.69) is 57.2 Å². The average Bonchev–Trinajstić information content (AvgIpc) is 3.34. The van der Waals surface area contributed by atoms with Crippen LogP contribution in [0.2, 0.25) is 0 Å². The summed E-state index contributed by atoms with van der Waals surface area (Å²) in [6.07, 6.45) is 6.92. The van der Waals surface area contributed by atoms with Crippen LogP contribution >= 0.6 is 0 Å². The summed E-state index contributed by atoms with van der Waals surface area (Å²) in [5, 5.41) is 7.80. The number of rotatable bonds is 11. The Morgan fingerprint density at radius 2 is 1.77 bits per heavy atom. The molecule has 4 aromatic rings. The van der Waals surface area contributed by atoms with Crippen LogP contribution in [0.15, 0.2) is 73.1 Å². The molecule has 5 rings (SSSR count). The largest absolute Gasteiger partial charge is 0.497 e. The van der Waals surface area contributed by atoms with Gasteiger partial charge in [0.15, 0.2) is 0 Å². The number of hydrogen-bond donors (Lipinski definition) is 1. The number of anilines is 1. The molecule has 1 amide bonds. The number of ether oxygens (including phenoxy) is 1. The second-order valence-electron chi connectivity index (χ2n) is 11.6. The lowest BCUT2D eigenvalue weighted by Gasteiger charge is -2.42. The second-order valence-corrected chi connectivity index (χ2v) is 11.6. The van der Waals surface area contributed by atoms with E-state index in [-0.39, 0.29) is 5.91 Å². The monoisotopic (exact) mass is 580 g/mol. The zero-order valence-electron chi connectivity index (χ0n) is 26.1. The van der Waals surface area contributed by atoms with Crippen molar-refractivity contribution in [3.05, 3.63) is 101 Å². The Morgan fingerprint density at radius 3 is 2.44 bits per heavy atom. The fraction of sp³-hybridized carbons (Fsp3) is 0.400. The summed E-state index contributed by atoms with van der Waals surface area (Å²) in [7, 11) is 1.70. The van der Waals surface area contributed by atoms with Gasteiger partial charge in [0, 0.05) is 56.3 Å². The van der Waals surface area contributed by atoms with Crippen molar-refractivity contribution in [3.8, 4) is 11.4 Å². The van der Waals surface area contributed by atoms with E-state index in [0.29, 0.717) is 24.2 Å². The summed E-state index contributed by atoms with van der Waals surface area (Å²) in [6, 6.07) is 21.2. The average molecular weight is 581 g/mol. The normalized spacial score (nSPS) is 14.8. The van der Waals surface area contributed by atoms with E-state index < -0.39 is 0 Å². The van der Waals surface area contributed by atoms with Gasteiger partial charge < -0.3 is 19.9 Å². The minimum absolute atomic E-state index is 0.0519. The Morgan fingerprint density at radius 1 is 1.05 bits per heavy atom. The van der Waals surface area contributed by atoms with Crippen LogP contribution in [0.25, 0.3) is 5.69 Å². The van der Waals surface area contributed by atoms with Crippen LogP contribution in [0.3, 0.4) is 0 Å². The number of piperidine rings is 1. The molecule has 2 aromatic carbocycles. The number of likely N-dealkylation sites (tertiary alicyclic amines) is 1. The maximum absolute atomic E-state index is 13.2. The molecule has 8 nitrogen and oxygen atoms in total. The summed E-state index contributed by atoms with van der Waals surface area (Å²) in [5.74, 6) is 0.816. The molecule has 43 heavy (non-hydrogen) atoms. The zero-order valence-corrected chi connectivity index (χ0v) is 26.1. The van der Waals surface area contributed by atoms with Gasteiger partial charge in [-0.05, 0) is 101 Å². The third-order valence-electron chi connectivity index (χ3n) is 8.82. The van der Waals surface area contributed by atoms with Crippen molar-refractivity contribution >= 4 is 11.6 Å². The number of pyridine rings is 1. The molecule has 8 heteroatoms. The van der Waals surface area contributed by atoms with E-state index in [1.54, 1.807) is 7.11 Å². The first-order chi connectivity index (χ1) is 20.9. The predicted octanol–water partition coefficient (Wildman–Crippen LogP) is 5.88. The molecule has 2 aromatic heterocycles. The lowest BCUT2D eigenvalue weighted by atomic mass is 9.99. The van der Waals surface area contributed by atoms with Crippen LogP contribution in [0.5, 0.6) is 5.75 Å². The van der Waals surface area contributed by atoms with Gasteiger partial charge in [-0.1, -0.05) is 18.2 Å². The van der Waals surface area contributed by atoms with Crippen LogP contribution in [-0.4, -0.2) is 64.4 Å². The maximum atomic E-state index is 13.2. The van der Waals surface area contributed by atoms with Gasteiger partial charge in [-0.15, -0.1) is 0 Å². The number of aryl methyl sites for hydroxylation is 2. The van der Waals surface area contributed by atoms with Crippen molar-refractivity contribution in [3.63, 3.8) is 0 Å². The first-order valence-corrected chi connectivity index (χ1v) is 15.3. The molecule has 0 radical (unpaired) electrons. The highest BCUT2D eigenvalue weighted by atomic mass is 16.5. The van der Waals surface area contributed by atoms with Gasteiger partial charge in [0.2, 0.25) is 0 Å². The number of nitrogens with zero attached hydrogens (tertiary/aromatic N) is 5. The Kier molecular flexibility index (Phi) is 9.77. The summed E-state index contributed by atoms with van der Waals surface area (Å²) in [5.41, 5.74) is 6.96. The van der Waals surface area contributed by atoms with E-state index in [0.717, 1.165) is 61.7 Å². The van der Waals surface area contributed by atoms with E-state index in [1.165, 1.54) is 16.8 Å². The summed E-state index contributed by atoms with van der Waals surface area (Å²) >= 11 is 0. The van der Waals surface area contributed by atoms with Crippen molar-refractivity contribution in [2.45, 2.75) is 65.6 Å². The fourth-order valence-corrected chi connectivity index (χ4v) is 6.15. The van der Waals surface area contributed by atoms with E-state index in [4.69, 9.17) is 4.74 Å². The highest BCUT2D eigenvalue weighted by molar-refractivity contribution is 5.96. The Labute approximate surface area is 255 Å². The fourth-order valence-electron chi connectivity index (χ4n) is 6.15. The molecule has 0 aliphatic carbocycles. The predicted molar refractivity (Wildman–Crippen MR) is 172 cm³/mol. The third kappa shape index (κ3) is 7.08. The molecule has 226 valence electrons. The molecule has 0 saturated carbocycles. The number of nitrogens with one attached hydrogen (secondary N) is 1. The minimum atomic E-state index is -0.0519. The van der Waals surface area contributed by atoms with Crippen molar-refractivity contribution in [2.75, 3.05) is 31.6 Å². The molecule has 1 N–H and O–H groups in total. The first kappa shape index (κ1) is 30.3. The van der Waals surface area contributed by atoms with Crippen LogP contribution in [-0.2, 0) is 6.54 Å². The first-order valence-electron chi connectivity index (χ1n) is 15.3. The van der Waals surface area contributed by atoms with Crippen molar-refractivity contribution in [2.24, 2.45) is 0 Å². The quantitative estimate of drug-likeness (QED) is 0.239. The van der Waals surface area contributed by atoms with E-state index in [9.17, 15) is 4.79 Å². The molecule has 1 saturated heterocycles. The van der Waals surface area contributed by atoms with Crippen LogP contribution in [0.1, 0.15) is 59.1 Å². The van der Waals surface area contributed by atoms with E-state index >= 15 is 0 Å². The number of benzene rings is 2. The van der Waals surface area contributed by atoms with Crippen LogP contribution < -0.4 is 15.0 Å². The smallest absolute Gasteiger partial charge is 0.255 e. The van der Waals surface area contributed by atoms with Crippen molar-refractivity contribution < 1.29 is 9.53 Å². The molecule has 1 aliphatic rings. The SMILES string of the molecule is COc1ccc(N(Cc2cnccc2C)C2CCN([C@H](C)CCNC(=O)c3c(C)nn(-c4ccccc4)c3C)CC2)cc1. The van der Waals surface area contributed by atoms with Gasteiger partial charge in [0.05, 0.1) is 29.7 Å². The molecule has 1 fully saturated rings. The van der Waals surface area contributed by atoms with Gasteiger partial charge in [-0.25, -0.2) is 4.68 Å². The Bertz CT molecular complexity index is 1490. The number of carbonyl (C=O) groups excluding carboxylic acids is 1. The van der Waals surface area contributed by atoms with Gasteiger partial charge in [0.1, 0.15) is 5.75 Å². The highest BCUT2D eigenvalue weighted by Gasteiger charge is 2.28. The summed E-state index contributed by atoms with van der Waals surface area (Å²) in [6.45, 7) is 11.8. The second kappa shape index (κ2) is 13.9. The number of amides is 1. The Balaban J connectivity index is 1.16. The third-order valence-corrected chi connectivity index (χ3v) is 8.82. The molecule has 0 bridgehead atoms. The lowest BCUT2D eigenvalue weighted by molar-refractivity contribution is 0.0944. The van der Waals surface area contributed by atoms with Crippen molar-refractivity contribution in [1.82, 2.24) is 25.0 Å². The maximum Gasteiger partial charge on any atom is 0.255 e. The van der Waals surface area contributed by atoms with Crippen molar-refractivity contribution in [1.29, 1.82) is 0 Å². The topological polar surface area (TPSA) is 75.5 Å². The lowest BCUT2D eigenvalue weighted by Crippen LogP contribution is -2.48. The van der Waals surface area contributed by atoms with E-state index in [1.807, 2.05) is 73.4 Å². The van der Waals surface area contributed by atoms with Gasteiger partial charge in [-0.3, -0.25) is 9.78 Å². The molecule has 1 aliphatic heterocycles. The molecule has 3 heterocycles. The number of para-hydroxylation sites is 1. The standard InChI is InChI=1S/C35H44N6O2/c1-25-15-19-36-23-29(25)24-40(30-11-13-33(43-5)14-12-30)31-17-21-39(22-18-31)26(2)16-20-37-35(42)34-27(3)38-41(28(34)4)32-9-7-6-8-10-32/h6-15,19,23,26,31H,16-18,20-22,24H2,1-5H3,(H,37,42)/t26-/m1/s1. The zero-order chi connectivity index (χ0) is 30.3. The van der Waals surface area contributed by atoms with Gasteiger partial charge >= 0.3 is 0 Å². The van der Waals surface area contributed by atoms with Gasteiger partial charge in [0.25, 0.3) is 5.91 Å². The number of hydrogen-bond acceptors (Lipinski definition) is 6. The molecular formula is C35H44N6O2. The Hall–Kier alpha value is -4.17. The van der Waals surface area contributed by atoms with Gasteiger partial charge in [-0.2, -0.15) is 5.10 Å². The molecule has 0 unspecified atom stereocenters. The molecule has 1 atom stereocenters. The molecular weight excluding hydrogens is 536 g/mol. The number of carbonyl (C=O) groups is 1. The number of aromatic nitrogens is 3. The minimum Gasteiger partial charge on any atom is -0.497 e. The highest BCUT2D eigenvalue weighted by Crippen LogP contribution is 2.29. The van der Waals surface area contributed by atoms with Crippen LogP contribution in [0.4, 0.5) is 5.69 Å². The summed E-state index contributed by atoms with van der Waals surface area (Å²) in [4.78, 5) is 22.7. The molecule has 0 spiro atoms. The van der Waals surface area contributed by atoms with Crippen LogP contribution in [0, 0.1) is 20.8 Å². The summed E-state index contributed by atoms with van der Waals surface area (Å²) < 4.78 is 7.26.